The van der Waals surface area contributed by atoms with Gasteiger partial charge in [0.05, 0.1) is 11.0 Å². The monoisotopic (exact) mass is 282 g/mol. The Hall–Kier alpha value is -1.80. The number of hydrogen-bond acceptors (Lipinski definition) is 1. The highest BCUT2D eigenvalue weighted by atomic mass is 35.5. The van der Waals surface area contributed by atoms with E-state index in [4.69, 9.17) is 16.6 Å². The predicted molar refractivity (Wildman–Crippen MR) is 83.0 cm³/mol. The number of benzene rings is 2. The van der Waals surface area contributed by atoms with Crippen LogP contribution < -0.4 is 0 Å². The van der Waals surface area contributed by atoms with Crippen LogP contribution >= 0.6 is 11.6 Å². The Balaban J connectivity index is 1.96. The molecule has 0 atom stereocenters. The van der Waals surface area contributed by atoms with Gasteiger partial charge in [0.2, 0.25) is 0 Å². The van der Waals surface area contributed by atoms with Gasteiger partial charge in [-0.25, -0.2) is 4.98 Å². The van der Waals surface area contributed by atoms with Gasteiger partial charge >= 0.3 is 0 Å². The van der Waals surface area contributed by atoms with Crippen LogP contribution in [0.2, 0.25) is 0 Å². The van der Waals surface area contributed by atoms with Crippen LogP contribution in [0.3, 0.4) is 0 Å². The van der Waals surface area contributed by atoms with Crippen LogP contribution in [-0.4, -0.2) is 9.55 Å². The fraction of sp³-hybridized carbons (Fsp3) is 0.235. The second-order valence-corrected chi connectivity index (χ2v) is 5.63. The Morgan fingerprint density at radius 1 is 1.10 bits per heavy atom. The minimum Gasteiger partial charge on any atom is -0.321 e. The number of hydrogen-bond donors (Lipinski definition) is 0. The van der Waals surface area contributed by atoms with Gasteiger partial charge in [-0.3, -0.25) is 0 Å². The molecular weight excluding hydrogens is 268 g/mol. The molecule has 3 aromatic rings. The Morgan fingerprint density at radius 2 is 1.95 bits per heavy atom. The van der Waals surface area contributed by atoms with Gasteiger partial charge in [-0.15, -0.1) is 11.6 Å². The number of aromatic nitrogens is 2. The first-order chi connectivity index (χ1) is 9.86. The first-order valence-electron chi connectivity index (χ1n) is 6.99. The first kappa shape index (κ1) is 12.0. The first-order valence-corrected chi connectivity index (χ1v) is 7.52. The van der Waals surface area contributed by atoms with Gasteiger partial charge in [0.15, 0.2) is 0 Å². The molecule has 0 spiro atoms. The van der Waals surface area contributed by atoms with Crippen molar-refractivity contribution < 1.29 is 0 Å². The van der Waals surface area contributed by atoms with E-state index < -0.39 is 0 Å². The third kappa shape index (κ3) is 1.92. The van der Waals surface area contributed by atoms with E-state index in [0.717, 1.165) is 22.5 Å². The largest absolute Gasteiger partial charge is 0.321 e. The molecule has 0 unspecified atom stereocenters. The Bertz CT molecular complexity index is 772. The lowest BCUT2D eigenvalue weighted by Gasteiger charge is -2.08. The zero-order chi connectivity index (χ0) is 13.5. The lowest BCUT2D eigenvalue weighted by Crippen LogP contribution is -1.97. The van der Waals surface area contributed by atoms with E-state index in [9.17, 15) is 0 Å². The maximum Gasteiger partial charge on any atom is 0.141 e. The summed E-state index contributed by atoms with van der Waals surface area (Å²) in [5.41, 5.74) is 4.61. The topological polar surface area (TPSA) is 17.8 Å². The van der Waals surface area contributed by atoms with Crippen molar-refractivity contribution in [2.75, 3.05) is 0 Å². The molecule has 20 heavy (non-hydrogen) atoms. The summed E-state index contributed by atoms with van der Waals surface area (Å²) in [6, 6.07) is 17.4. The molecule has 100 valence electrons. The molecular formula is C17H15ClN2. The molecule has 0 saturated heterocycles. The Labute approximate surface area is 123 Å². The number of nitrogens with zero attached hydrogens (tertiary/aromatic N) is 2. The van der Waals surface area contributed by atoms with Crippen LogP contribution in [0.5, 0.6) is 0 Å². The number of imidazole rings is 1. The Morgan fingerprint density at radius 3 is 2.75 bits per heavy atom. The predicted octanol–water partition coefficient (Wildman–Crippen LogP) is 4.78. The molecule has 0 radical (unpaired) electrons. The molecule has 2 aromatic carbocycles. The Kier molecular flexibility index (Phi) is 2.78. The average molecular weight is 283 g/mol. The molecule has 0 aliphatic heterocycles. The smallest absolute Gasteiger partial charge is 0.141 e. The van der Waals surface area contributed by atoms with Gasteiger partial charge in [-0.2, -0.15) is 0 Å². The van der Waals surface area contributed by atoms with Gasteiger partial charge in [-0.05, 0) is 36.6 Å². The minimum absolute atomic E-state index is 0.539. The molecule has 1 aliphatic carbocycles. The van der Waals surface area contributed by atoms with E-state index in [2.05, 4.69) is 47.0 Å². The van der Waals surface area contributed by atoms with E-state index >= 15 is 0 Å². The second kappa shape index (κ2) is 4.64. The fourth-order valence-electron chi connectivity index (χ4n) is 2.74. The molecule has 1 aromatic heterocycles. The van der Waals surface area contributed by atoms with E-state index in [1.165, 1.54) is 18.4 Å². The molecule has 3 heteroatoms. The second-order valence-electron chi connectivity index (χ2n) is 5.36. The van der Waals surface area contributed by atoms with Crippen LogP contribution in [0.4, 0.5) is 0 Å². The van der Waals surface area contributed by atoms with Crippen LogP contribution in [-0.2, 0) is 5.88 Å². The van der Waals surface area contributed by atoms with Crippen molar-refractivity contribution in [1.29, 1.82) is 0 Å². The quantitative estimate of drug-likeness (QED) is 0.632. The molecule has 0 bridgehead atoms. The van der Waals surface area contributed by atoms with Crippen molar-refractivity contribution in [3.05, 3.63) is 54.1 Å². The zero-order valence-corrected chi connectivity index (χ0v) is 11.8. The molecule has 1 heterocycles. The molecule has 2 nitrogen and oxygen atoms in total. The summed E-state index contributed by atoms with van der Waals surface area (Å²) in [4.78, 5) is 4.84. The van der Waals surface area contributed by atoms with Crippen molar-refractivity contribution in [2.24, 2.45) is 0 Å². The van der Waals surface area contributed by atoms with Gasteiger partial charge in [0.1, 0.15) is 5.82 Å². The number of alkyl halides is 1. The average Bonchev–Trinajstić information content (AvgIpc) is 3.27. The van der Waals surface area contributed by atoms with Crippen molar-refractivity contribution in [1.82, 2.24) is 9.55 Å². The molecule has 1 aliphatic rings. The van der Waals surface area contributed by atoms with E-state index in [1.54, 1.807) is 0 Å². The van der Waals surface area contributed by atoms with Gasteiger partial charge in [-0.1, -0.05) is 30.3 Å². The van der Waals surface area contributed by atoms with Crippen molar-refractivity contribution in [2.45, 2.75) is 24.8 Å². The summed E-state index contributed by atoms with van der Waals surface area (Å²) in [7, 11) is 0. The summed E-state index contributed by atoms with van der Waals surface area (Å²) in [5, 5.41) is 0. The SMILES string of the molecule is ClCc1cccc(-c2nc3ccccc3n2C2CC2)c1. The van der Waals surface area contributed by atoms with Crippen molar-refractivity contribution >= 4 is 22.6 Å². The molecule has 0 N–H and O–H groups in total. The molecule has 1 fully saturated rings. The third-order valence-corrected chi connectivity index (χ3v) is 4.16. The van der Waals surface area contributed by atoms with Crippen LogP contribution in [0, 0.1) is 0 Å². The highest BCUT2D eigenvalue weighted by molar-refractivity contribution is 6.17. The standard InChI is InChI=1S/C17H15ClN2/c18-11-12-4-3-5-13(10-12)17-19-15-6-1-2-7-16(15)20(17)14-8-9-14/h1-7,10,14H,8-9,11H2. The maximum absolute atomic E-state index is 5.95. The van der Waals surface area contributed by atoms with Crippen molar-refractivity contribution in [3.63, 3.8) is 0 Å². The summed E-state index contributed by atoms with van der Waals surface area (Å²) >= 11 is 5.95. The fourth-order valence-corrected chi connectivity index (χ4v) is 2.91. The van der Waals surface area contributed by atoms with Crippen molar-refractivity contribution in [3.8, 4) is 11.4 Å². The van der Waals surface area contributed by atoms with Crippen LogP contribution in [0.25, 0.3) is 22.4 Å². The summed E-state index contributed by atoms with van der Waals surface area (Å²) in [5.74, 6) is 1.61. The van der Waals surface area contributed by atoms with Crippen LogP contribution in [0.1, 0.15) is 24.4 Å². The summed E-state index contributed by atoms with van der Waals surface area (Å²) in [6.07, 6.45) is 2.51. The molecule has 1 saturated carbocycles. The third-order valence-electron chi connectivity index (χ3n) is 3.85. The lowest BCUT2D eigenvalue weighted by molar-refractivity contribution is 0.775. The summed E-state index contributed by atoms with van der Waals surface area (Å²) in [6.45, 7) is 0. The lowest BCUT2D eigenvalue weighted by atomic mass is 10.1. The van der Waals surface area contributed by atoms with E-state index in [-0.39, 0.29) is 0 Å². The number of para-hydroxylation sites is 2. The normalized spacial score (nSPS) is 14.8. The van der Waals surface area contributed by atoms with Gasteiger partial charge in [0.25, 0.3) is 0 Å². The zero-order valence-electron chi connectivity index (χ0n) is 11.1. The number of rotatable bonds is 3. The summed E-state index contributed by atoms with van der Waals surface area (Å²) < 4.78 is 2.39. The highest BCUT2D eigenvalue weighted by Crippen LogP contribution is 2.41. The van der Waals surface area contributed by atoms with Gasteiger partial charge in [0, 0.05) is 17.5 Å². The van der Waals surface area contributed by atoms with Crippen LogP contribution in [0.15, 0.2) is 48.5 Å². The number of halogens is 1. The van der Waals surface area contributed by atoms with Gasteiger partial charge < -0.3 is 4.57 Å². The van der Waals surface area contributed by atoms with E-state index in [0.29, 0.717) is 11.9 Å². The van der Waals surface area contributed by atoms with E-state index in [1.807, 2.05) is 6.07 Å². The minimum atomic E-state index is 0.539. The molecule has 4 rings (SSSR count). The number of fused-ring (bicyclic) bond motifs is 1. The maximum atomic E-state index is 5.95. The highest BCUT2D eigenvalue weighted by Gasteiger charge is 2.28. The molecule has 0 amide bonds.